The van der Waals surface area contributed by atoms with Gasteiger partial charge in [-0.25, -0.2) is 0 Å². The van der Waals surface area contributed by atoms with Crippen molar-refractivity contribution in [1.82, 2.24) is 0 Å². The number of rotatable bonds is 3. The lowest BCUT2D eigenvalue weighted by molar-refractivity contribution is -0.138. The summed E-state index contributed by atoms with van der Waals surface area (Å²) in [5.74, 6) is -1.46. The first kappa shape index (κ1) is 16.7. The molecule has 0 unspecified atom stereocenters. The Morgan fingerprint density at radius 2 is 2.00 bits per heavy atom. The van der Waals surface area contributed by atoms with Gasteiger partial charge in [-0.2, -0.15) is 0 Å². The van der Waals surface area contributed by atoms with E-state index in [-0.39, 0.29) is 6.42 Å². The Morgan fingerprint density at radius 3 is 2.62 bits per heavy atom. The van der Waals surface area contributed by atoms with Gasteiger partial charge in [-0.05, 0) is 31.5 Å². The average Bonchev–Trinajstić information content (AvgIpc) is 2.71. The Balaban J connectivity index is 2.20. The number of carboxylic acid groups (broad SMARTS) is 1. The summed E-state index contributed by atoms with van der Waals surface area (Å²) in [5.41, 5.74) is 3.29. The van der Waals surface area contributed by atoms with Crippen LogP contribution in [0.4, 0.5) is 5.00 Å². The van der Waals surface area contributed by atoms with Gasteiger partial charge < -0.3 is 10.4 Å². The van der Waals surface area contributed by atoms with Crippen molar-refractivity contribution in [2.45, 2.75) is 26.3 Å². The normalized spacial score (nSPS) is 16.9. The van der Waals surface area contributed by atoms with E-state index in [9.17, 15) is 9.59 Å². The molecule has 0 saturated heterocycles. The molecule has 0 bridgehead atoms. The smallest absolute Gasteiger partial charge is 0.306 e. The van der Waals surface area contributed by atoms with Crippen molar-refractivity contribution >= 4 is 45.5 Å². The summed E-state index contributed by atoms with van der Waals surface area (Å²) < 4.78 is 0. The third kappa shape index (κ3) is 3.07. The zero-order valence-electron chi connectivity index (χ0n) is 13.1. The fourth-order valence-corrected chi connectivity index (χ4v) is 3.80. The first-order valence-electron chi connectivity index (χ1n) is 7.33. The van der Waals surface area contributed by atoms with Crippen molar-refractivity contribution in [2.24, 2.45) is 4.99 Å². The van der Waals surface area contributed by atoms with Gasteiger partial charge in [-0.1, -0.05) is 23.7 Å². The molecular weight excluding hydrogens is 348 g/mol. The van der Waals surface area contributed by atoms with E-state index < -0.39 is 17.9 Å². The van der Waals surface area contributed by atoms with Crippen LogP contribution in [0.2, 0.25) is 5.02 Å². The van der Waals surface area contributed by atoms with Crippen molar-refractivity contribution in [1.29, 1.82) is 0 Å². The number of aliphatic imine (C=N–C) groups is 1. The molecular formula is C17H15ClN2O3S. The number of nitrogens with one attached hydrogen (secondary N) is 1. The van der Waals surface area contributed by atoms with Crippen LogP contribution in [0.15, 0.2) is 29.3 Å². The van der Waals surface area contributed by atoms with Crippen LogP contribution in [-0.2, 0) is 9.59 Å². The number of aryl methyl sites for hydroxylation is 1. The molecule has 2 N–H and O–H groups in total. The topological polar surface area (TPSA) is 78.8 Å². The molecule has 0 fully saturated rings. The molecule has 3 rings (SSSR count). The van der Waals surface area contributed by atoms with Crippen LogP contribution in [0.3, 0.4) is 0 Å². The predicted molar refractivity (Wildman–Crippen MR) is 95.6 cm³/mol. The highest BCUT2D eigenvalue weighted by atomic mass is 35.5. The minimum atomic E-state index is -1.06. The van der Waals surface area contributed by atoms with Crippen molar-refractivity contribution in [3.63, 3.8) is 0 Å². The van der Waals surface area contributed by atoms with E-state index in [0.29, 0.717) is 15.7 Å². The van der Waals surface area contributed by atoms with Gasteiger partial charge in [0.2, 0.25) is 5.91 Å². The molecule has 5 nitrogen and oxygen atoms in total. The van der Waals surface area contributed by atoms with Crippen LogP contribution in [0, 0.1) is 13.8 Å². The minimum absolute atomic E-state index is 0.351. The molecule has 7 heteroatoms. The summed E-state index contributed by atoms with van der Waals surface area (Å²) in [6, 6.07) is 6.18. The van der Waals surface area contributed by atoms with Gasteiger partial charge in [-0.3, -0.25) is 14.6 Å². The number of carbonyl (C=O) groups is 2. The monoisotopic (exact) mass is 362 g/mol. The van der Waals surface area contributed by atoms with Crippen molar-refractivity contribution in [3.8, 4) is 0 Å². The first-order chi connectivity index (χ1) is 11.4. The lowest BCUT2D eigenvalue weighted by Crippen LogP contribution is -2.27. The molecule has 0 radical (unpaired) electrons. The number of halogens is 1. The zero-order chi connectivity index (χ0) is 17.4. The van der Waals surface area contributed by atoms with E-state index in [4.69, 9.17) is 16.7 Å². The lowest BCUT2D eigenvalue weighted by atomic mass is 10.00. The number of nitrogens with zero attached hydrogens (tertiary/aromatic N) is 1. The molecule has 0 saturated carbocycles. The number of anilines is 1. The number of carboxylic acids is 1. The molecule has 1 amide bonds. The highest BCUT2D eigenvalue weighted by Gasteiger charge is 2.30. The summed E-state index contributed by atoms with van der Waals surface area (Å²) in [7, 11) is 0. The summed E-state index contributed by atoms with van der Waals surface area (Å²) in [6.07, 6.45) is -0.351. The van der Waals surface area contributed by atoms with Gasteiger partial charge in [0.1, 0.15) is 11.0 Å². The van der Waals surface area contributed by atoms with Gasteiger partial charge in [0.15, 0.2) is 0 Å². The number of thiophene rings is 1. The molecule has 2 heterocycles. The summed E-state index contributed by atoms with van der Waals surface area (Å²) in [5, 5.41) is 13.2. The highest BCUT2D eigenvalue weighted by molar-refractivity contribution is 7.17. The number of hydrogen-bond acceptors (Lipinski definition) is 4. The van der Waals surface area contributed by atoms with E-state index in [1.807, 2.05) is 26.0 Å². The van der Waals surface area contributed by atoms with E-state index >= 15 is 0 Å². The number of hydrogen-bond donors (Lipinski definition) is 2. The molecule has 2 aromatic rings. The minimum Gasteiger partial charge on any atom is -0.481 e. The molecule has 1 atom stereocenters. The van der Waals surface area contributed by atoms with Crippen LogP contribution in [0.5, 0.6) is 0 Å². The molecule has 1 aliphatic heterocycles. The molecule has 24 heavy (non-hydrogen) atoms. The average molecular weight is 363 g/mol. The zero-order valence-corrected chi connectivity index (χ0v) is 14.7. The quantitative estimate of drug-likeness (QED) is 0.874. The number of amides is 1. The first-order valence-corrected chi connectivity index (χ1v) is 8.53. The van der Waals surface area contributed by atoms with Gasteiger partial charge >= 0.3 is 5.97 Å². The van der Waals surface area contributed by atoms with Crippen LogP contribution in [0.25, 0.3) is 0 Å². The van der Waals surface area contributed by atoms with Crippen molar-refractivity contribution in [2.75, 3.05) is 5.32 Å². The van der Waals surface area contributed by atoms with E-state index in [0.717, 1.165) is 21.6 Å². The molecule has 1 aliphatic rings. The Bertz CT molecular complexity index is 855. The standard InChI is InChI=1S/C17H15ClN2O3S/c1-8-9(2)24-17-14(8)15(10-3-5-11(18)6-4-10)19-12(7-13(21)22)16(23)20-17/h3-6,12H,7H2,1-2H3,(H,20,23)(H,21,22)/t12-/m0/s1. The van der Waals surface area contributed by atoms with Crippen LogP contribution in [0.1, 0.15) is 28.0 Å². The van der Waals surface area contributed by atoms with Crippen LogP contribution >= 0.6 is 22.9 Å². The van der Waals surface area contributed by atoms with Gasteiger partial charge in [0.25, 0.3) is 0 Å². The Morgan fingerprint density at radius 1 is 1.33 bits per heavy atom. The lowest BCUT2D eigenvalue weighted by Gasteiger charge is -2.10. The van der Waals surface area contributed by atoms with Crippen molar-refractivity contribution in [3.05, 3.63) is 50.9 Å². The SMILES string of the molecule is Cc1sc2c(c1C)C(c1ccc(Cl)cc1)=N[C@@H](CC(=O)O)C(=O)N2. The molecule has 1 aromatic carbocycles. The number of fused-ring (bicyclic) bond motifs is 1. The van der Waals surface area contributed by atoms with Gasteiger partial charge in [0, 0.05) is 21.0 Å². The van der Waals surface area contributed by atoms with Crippen LogP contribution in [-0.4, -0.2) is 28.7 Å². The maximum absolute atomic E-state index is 12.4. The summed E-state index contributed by atoms with van der Waals surface area (Å²) in [6.45, 7) is 3.95. The molecule has 0 aliphatic carbocycles. The third-order valence-electron chi connectivity index (χ3n) is 3.93. The molecule has 1 aromatic heterocycles. The Kier molecular flexibility index (Phi) is 4.43. The number of benzene rings is 1. The maximum atomic E-state index is 12.4. The highest BCUT2D eigenvalue weighted by Crippen LogP contribution is 2.36. The van der Waals surface area contributed by atoms with Crippen molar-refractivity contribution < 1.29 is 14.7 Å². The summed E-state index contributed by atoms with van der Waals surface area (Å²) in [4.78, 5) is 29.0. The van der Waals surface area contributed by atoms with Gasteiger partial charge in [0.05, 0.1) is 12.1 Å². The van der Waals surface area contributed by atoms with E-state index in [2.05, 4.69) is 10.3 Å². The summed E-state index contributed by atoms with van der Waals surface area (Å²) >= 11 is 7.43. The predicted octanol–water partition coefficient (Wildman–Crippen LogP) is 3.65. The number of aliphatic carboxylic acids is 1. The second kappa shape index (κ2) is 6.37. The Labute approximate surface area is 148 Å². The fourth-order valence-electron chi connectivity index (χ4n) is 2.60. The van der Waals surface area contributed by atoms with E-state index in [1.54, 1.807) is 12.1 Å². The molecule has 0 spiro atoms. The van der Waals surface area contributed by atoms with Gasteiger partial charge in [-0.15, -0.1) is 11.3 Å². The third-order valence-corrected chi connectivity index (χ3v) is 5.31. The van der Waals surface area contributed by atoms with E-state index in [1.165, 1.54) is 11.3 Å². The second-order valence-corrected chi connectivity index (χ2v) is 7.24. The molecule has 124 valence electrons. The second-order valence-electron chi connectivity index (χ2n) is 5.57. The Hall–Kier alpha value is -2.18. The number of carbonyl (C=O) groups excluding carboxylic acids is 1. The maximum Gasteiger partial charge on any atom is 0.306 e. The van der Waals surface area contributed by atoms with Crippen LogP contribution < -0.4 is 5.32 Å². The largest absolute Gasteiger partial charge is 0.481 e. The fraction of sp³-hybridized carbons (Fsp3) is 0.235.